The molecule has 40 heavy (non-hydrogen) atoms. The number of halogens is 6. The van der Waals surface area contributed by atoms with Crippen molar-refractivity contribution < 1.29 is 35.9 Å². The second-order valence-electron chi connectivity index (χ2n) is 10.6. The van der Waals surface area contributed by atoms with Crippen LogP contribution in [0.3, 0.4) is 0 Å². The summed E-state index contributed by atoms with van der Waals surface area (Å²) >= 11 is 0. The van der Waals surface area contributed by atoms with E-state index in [2.05, 4.69) is 15.3 Å². The Balaban J connectivity index is 1.37. The van der Waals surface area contributed by atoms with Gasteiger partial charge in [0.1, 0.15) is 11.5 Å². The second kappa shape index (κ2) is 11.2. The highest BCUT2D eigenvalue weighted by molar-refractivity contribution is 5.95. The van der Waals surface area contributed by atoms with E-state index in [4.69, 9.17) is 4.74 Å². The third-order valence-electron chi connectivity index (χ3n) is 7.90. The maximum Gasteiger partial charge on any atom is 0.451 e. The number of nitrogens with zero attached hydrogens (tertiary/aromatic N) is 4. The number of alkyl halides is 6. The molecule has 2 saturated heterocycles. The largest absolute Gasteiger partial charge is 0.451 e. The molecule has 0 spiro atoms. The van der Waals surface area contributed by atoms with E-state index in [1.54, 1.807) is 0 Å². The number of rotatable bonds is 4. The van der Waals surface area contributed by atoms with Crippen LogP contribution in [0, 0.1) is 6.92 Å². The van der Waals surface area contributed by atoms with Gasteiger partial charge in [-0.05, 0) is 62.3 Å². The third kappa shape index (κ3) is 6.19. The Morgan fingerprint density at radius 2 is 1.60 bits per heavy atom. The minimum atomic E-state index is -4.91. The van der Waals surface area contributed by atoms with Crippen LogP contribution in [-0.4, -0.2) is 65.7 Å². The lowest BCUT2D eigenvalue weighted by Crippen LogP contribution is -2.49. The van der Waals surface area contributed by atoms with E-state index < -0.39 is 29.6 Å². The number of benzene rings is 1. The SMILES string of the molecule is Cc1c(C(=O)N2CCC(NC3CCOCC3)CC2)nc(C(F)(F)F)nc1N1CCc2ccc(C(F)(F)F)cc2C1. The number of carbonyl (C=O) groups excluding carboxylic acids is 1. The number of anilines is 1. The molecule has 7 nitrogen and oxygen atoms in total. The van der Waals surface area contributed by atoms with Gasteiger partial charge in [0, 0.05) is 57.0 Å². The summed E-state index contributed by atoms with van der Waals surface area (Å²) in [5.74, 6) is -2.14. The molecule has 1 N–H and O–H groups in total. The van der Waals surface area contributed by atoms with E-state index in [1.807, 2.05) is 0 Å². The molecule has 0 radical (unpaired) electrons. The Bertz CT molecular complexity index is 1240. The Morgan fingerprint density at radius 3 is 2.25 bits per heavy atom. The van der Waals surface area contributed by atoms with Gasteiger partial charge in [-0.3, -0.25) is 4.79 Å². The van der Waals surface area contributed by atoms with Crippen LogP contribution in [-0.2, 0) is 30.1 Å². The molecule has 1 aromatic heterocycles. The smallest absolute Gasteiger partial charge is 0.381 e. The summed E-state index contributed by atoms with van der Waals surface area (Å²) in [4.78, 5) is 23.9. The average Bonchev–Trinajstić information content (AvgIpc) is 2.92. The van der Waals surface area contributed by atoms with Crippen LogP contribution in [0.2, 0.25) is 0 Å². The van der Waals surface area contributed by atoms with E-state index in [0.29, 0.717) is 62.7 Å². The van der Waals surface area contributed by atoms with Crippen LogP contribution in [0.4, 0.5) is 32.2 Å². The van der Waals surface area contributed by atoms with Crippen LogP contribution in [0.25, 0.3) is 0 Å². The fourth-order valence-electron chi connectivity index (χ4n) is 5.66. The standard InChI is InChI=1S/C27H31F6N5O2/c1-16-22(24(39)37-10-5-20(6-11-37)34-21-7-12-40-13-8-21)35-25(27(31,32)33)36-23(16)38-9-4-17-2-3-19(26(28,29)30)14-18(17)15-38/h2-3,14,20-21,34H,4-13,15H2,1H3. The van der Waals surface area contributed by atoms with Crippen LogP contribution in [0.5, 0.6) is 0 Å². The minimum Gasteiger partial charge on any atom is -0.381 e. The Kier molecular flexibility index (Phi) is 7.97. The van der Waals surface area contributed by atoms with E-state index in [9.17, 15) is 31.1 Å². The van der Waals surface area contributed by atoms with Crippen molar-refractivity contribution in [3.8, 4) is 0 Å². The summed E-state index contributed by atoms with van der Waals surface area (Å²) in [5.41, 5.74) is 0.0770. The number of nitrogens with one attached hydrogen (secondary N) is 1. The number of fused-ring (bicyclic) bond motifs is 1. The van der Waals surface area contributed by atoms with Gasteiger partial charge in [0.2, 0.25) is 5.82 Å². The van der Waals surface area contributed by atoms with E-state index in [-0.39, 0.29) is 36.2 Å². The lowest BCUT2D eigenvalue weighted by Gasteiger charge is -2.36. The molecule has 1 amide bonds. The molecule has 0 saturated carbocycles. The Morgan fingerprint density at radius 1 is 0.925 bits per heavy atom. The van der Waals surface area contributed by atoms with Gasteiger partial charge < -0.3 is 19.9 Å². The highest BCUT2D eigenvalue weighted by Crippen LogP contribution is 2.35. The molecule has 2 fully saturated rings. The molecule has 3 aliphatic rings. The van der Waals surface area contributed by atoms with E-state index in [1.165, 1.54) is 22.8 Å². The molecular weight excluding hydrogens is 540 g/mol. The van der Waals surface area contributed by atoms with Gasteiger partial charge in [-0.25, -0.2) is 9.97 Å². The molecule has 0 atom stereocenters. The minimum absolute atomic E-state index is 0.0642. The van der Waals surface area contributed by atoms with Crippen molar-refractivity contribution in [3.05, 3.63) is 52.0 Å². The average molecular weight is 572 g/mol. The second-order valence-corrected chi connectivity index (χ2v) is 10.6. The van der Waals surface area contributed by atoms with E-state index in [0.717, 1.165) is 25.0 Å². The molecule has 1 aromatic carbocycles. The van der Waals surface area contributed by atoms with Crippen LogP contribution in [0.15, 0.2) is 18.2 Å². The van der Waals surface area contributed by atoms with E-state index >= 15 is 0 Å². The first-order valence-corrected chi connectivity index (χ1v) is 13.4. The van der Waals surface area contributed by atoms with Gasteiger partial charge in [-0.1, -0.05) is 6.07 Å². The first-order chi connectivity index (χ1) is 18.9. The molecule has 0 unspecified atom stereocenters. The summed E-state index contributed by atoms with van der Waals surface area (Å²) in [6.45, 7) is 3.82. The number of carbonyl (C=O) groups is 1. The molecule has 0 bridgehead atoms. The number of ether oxygens (including phenoxy) is 1. The zero-order valence-electron chi connectivity index (χ0n) is 22.0. The van der Waals surface area contributed by atoms with Gasteiger partial charge in [0.15, 0.2) is 0 Å². The first kappa shape index (κ1) is 28.6. The number of aromatic nitrogens is 2. The zero-order valence-corrected chi connectivity index (χ0v) is 22.0. The van der Waals surface area contributed by atoms with Crippen molar-refractivity contribution in [1.82, 2.24) is 20.2 Å². The third-order valence-corrected chi connectivity index (χ3v) is 7.90. The van der Waals surface area contributed by atoms with Crippen molar-refractivity contribution in [3.63, 3.8) is 0 Å². The molecule has 0 aliphatic carbocycles. The van der Waals surface area contributed by atoms with Crippen molar-refractivity contribution in [2.45, 2.75) is 70.0 Å². The molecule has 2 aromatic rings. The van der Waals surface area contributed by atoms with Crippen molar-refractivity contribution in [2.24, 2.45) is 0 Å². The lowest BCUT2D eigenvalue weighted by atomic mass is 9.96. The predicted molar refractivity (Wildman–Crippen MR) is 134 cm³/mol. The quantitative estimate of drug-likeness (QED) is 0.534. The van der Waals surface area contributed by atoms with Crippen molar-refractivity contribution in [2.75, 3.05) is 37.7 Å². The molecule has 13 heteroatoms. The van der Waals surface area contributed by atoms with Gasteiger partial charge in [-0.2, -0.15) is 26.3 Å². The fourth-order valence-corrected chi connectivity index (χ4v) is 5.66. The molecule has 3 aliphatic heterocycles. The Labute approximate surface area is 227 Å². The van der Waals surface area contributed by atoms with Crippen LogP contribution >= 0.6 is 0 Å². The maximum atomic E-state index is 13.8. The van der Waals surface area contributed by atoms with Gasteiger partial charge >= 0.3 is 12.4 Å². The first-order valence-electron chi connectivity index (χ1n) is 13.4. The number of piperidine rings is 1. The summed E-state index contributed by atoms with van der Waals surface area (Å²) in [7, 11) is 0. The topological polar surface area (TPSA) is 70.6 Å². The number of likely N-dealkylation sites (tertiary alicyclic amines) is 1. The van der Waals surface area contributed by atoms with Crippen LogP contribution < -0.4 is 10.2 Å². The number of amides is 1. The van der Waals surface area contributed by atoms with Gasteiger partial charge in [0.25, 0.3) is 5.91 Å². The maximum absolute atomic E-state index is 13.8. The number of hydrogen-bond acceptors (Lipinski definition) is 6. The number of hydrogen-bond donors (Lipinski definition) is 1. The van der Waals surface area contributed by atoms with Crippen LogP contribution in [0.1, 0.15) is 64.2 Å². The monoisotopic (exact) mass is 571 g/mol. The van der Waals surface area contributed by atoms with Gasteiger partial charge in [0.05, 0.1) is 5.56 Å². The molecule has 4 heterocycles. The normalized spacial score (nSPS) is 19.6. The molecular formula is C27H31F6N5O2. The highest BCUT2D eigenvalue weighted by Gasteiger charge is 2.39. The summed E-state index contributed by atoms with van der Waals surface area (Å²) < 4.78 is 86.7. The summed E-state index contributed by atoms with van der Waals surface area (Å²) in [6, 6.07) is 3.98. The molecule has 218 valence electrons. The summed E-state index contributed by atoms with van der Waals surface area (Å²) in [6.07, 6.45) is -5.96. The fraction of sp³-hybridized carbons (Fsp3) is 0.593. The van der Waals surface area contributed by atoms with Crippen molar-refractivity contribution >= 4 is 11.7 Å². The summed E-state index contributed by atoms with van der Waals surface area (Å²) in [5, 5.41) is 3.60. The predicted octanol–water partition coefficient (Wildman–Crippen LogP) is 4.76. The molecule has 5 rings (SSSR count). The lowest BCUT2D eigenvalue weighted by molar-refractivity contribution is -0.145. The zero-order chi connectivity index (χ0) is 28.7. The van der Waals surface area contributed by atoms with Crippen molar-refractivity contribution in [1.29, 1.82) is 0 Å². The highest BCUT2D eigenvalue weighted by atomic mass is 19.4. The van der Waals surface area contributed by atoms with Gasteiger partial charge in [-0.15, -0.1) is 0 Å². The Hall–Kier alpha value is -2.93.